The maximum absolute atomic E-state index is 12.9. The number of nitrogens with zero attached hydrogens (tertiary/aromatic N) is 5. The maximum Gasteiger partial charge on any atom is 0.290 e. The number of ether oxygens (including phenoxy) is 1. The molecule has 0 N–H and O–H groups in total. The van der Waals surface area contributed by atoms with Crippen LogP contribution in [0.4, 0.5) is 5.69 Å². The number of imidazole rings is 1. The summed E-state index contributed by atoms with van der Waals surface area (Å²) < 4.78 is 9.18. The van der Waals surface area contributed by atoms with Crippen molar-refractivity contribution in [2.24, 2.45) is 0 Å². The van der Waals surface area contributed by atoms with E-state index in [0.29, 0.717) is 18.8 Å². The first-order valence-electron chi connectivity index (χ1n) is 9.97. The number of hydrogen-bond acceptors (Lipinski definition) is 5. The number of hydrogen-bond donors (Lipinski definition) is 0. The second-order valence-corrected chi connectivity index (χ2v) is 7.81. The summed E-state index contributed by atoms with van der Waals surface area (Å²) in [5, 5.41) is 4.59. The number of anilines is 1. The van der Waals surface area contributed by atoms with E-state index in [-0.39, 0.29) is 16.8 Å². The zero-order valence-electron chi connectivity index (χ0n) is 16.0. The third kappa shape index (κ3) is 3.34. The smallest absolute Gasteiger partial charge is 0.290 e. The van der Waals surface area contributed by atoms with Crippen molar-refractivity contribution in [2.75, 3.05) is 18.1 Å². The van der Waals surface area contributed by atoms with E-state index in [9.17, 15) is 4.79 Å². The Balaban J connectivity index is 1.45. The van der Waals surface area contributed by atoms with Crippen LogP contribution in [0.15, 0.2) is 47.7 Å². The van der Waals surface area contributed by atoms with E-state index in [1.54, 1.807) is 6.20 Å². The minimum absolute atomic E-state index is 0.198. The molecule has 5 rings (SSSR count). The van der Waals surface area contributed by atoms with E-state index in [4.69, 9.17) is 16.3 Å². The van der Waals surface area contributed by atoms with Crippen LogP contribution in [0.1, 0.15) is 36.9 Å². The highest BCUT2D eigenvalue weighted by atomic mass is 35.5. The molecule has 0 amide bonds. The van der Waals surface area contributed by atoms with Gasteiger partial charge < -0.3 is 14.2 Å². The lowest BCUT2D eigenvalue weighted by molar-refractivity contribution is -0.0424. The van der Waals surface area contributed by atoms with Crippen LogP contribution >= 0.6 is 11.6 Å². The third-order valence-electron chi connectivity index (χ3n) is 5.64. The predicted molar refractivity (Wildman–Crippen MR) is 111 cm³/mol. The highest BCUT2D eigenvalue weighted by molar-refractivity contribution is 6.33. The van der Waals surface area contributed by atoms with Gasteiger partial charge in [0.15, 0.2) is 6.23 Å². The van der Waals surface area contributed by atoms with Crippen LogP contribution in [-0.2, 0) is 17.7 Å². The fraction of sp³-hybridized carbons (Fsp3) is 0.381. The van der Waals surface area contributed by atoms with Gasteiger partial charge in [-0.2, -0.15) is 9.78 Å². The molecule has 2 aromatic heterocycles. The summed E-state index contributed by atoms with van der Waals surface area (Å²) in [6.45, 7) is 2.01. The Labute approximate surface area is 173 Å². The highest BCUT2D eigenvalue weighted by Gasteiger charge is 2.26. The lowest BCUT2D eigenvalue weighted by Crippen LogP contribution is -2.36. The molecule has 3 aromatic rings. The predicted octanol–water partition coefficient (Wildman–Crippen LogP) is 3.34. The van der Waals surface area contributed by atoms with Gasteiger partial charge in [-0.3, -0.25) is 4.79 Å². The molecule has 7 nitrogen and oxygen atoms in total. The fourth-order valence-corrected chi connectivity index (χ4v) is 4.34. The summed E-state index contributed by atoms with van der Waals surface area (Å²) in [7, 11) is 0. The Morgan fingerprint density at radius 1 is 1.17 bits per heavy atom. The maximum atomic E-state index is 12.9. The Kier molecular flexibility index (Phi) is 4.85. The third-order valence-corrected chi connectivity index (χ3v) is 6.00. The van der Waals surface area contributed by atoms with Gasteiger partial charge in [0.1, 0.15) is 5.02 Å². The molecule has 0 spiro atoms. The summed E-state index contributed by atoms with van der Waals surface area (Å²) in [5.74, 6) is 0. The van der Waals surface area contributed by atoms with E-state index in [1.165, 1.54) is 4.68 Å². The largest absolute Gasteiger partial charge is 0.363 e. The number of para-hydroxylation sites is 1. The van der Waals surface area contributed by atoms with Gasteiger partial charge in [-0.05, 0) is 31.4 Å². The van der Waals surface area contributed by atoms with Crippen LogP contribution in [0.25, 0.3) is 5.69 Å². The molecule has 1 unspecified atom stereocenters. The van der Waals surface area contributed by atoms with Crippen molar-refractivity contribution in [1.29, 1.82) is 0 Å². The first-order valence-corrected chi connectivity index (χ1v) is 10.3. The molecule has 0 aliphatic carbocycles. The molecule has 1 saturated heterocycles. The van der Waals surface area contributed by atoms with E-state index in [1.807, 2.05) is 24.5 Å². The van der Waals surface area contributed by atoms with Gasteiger partial charge >= 0.3 is 0 Å². The molecule has 1 atom stereocenters. The first-order chi connectivity index (χ1) is 14.2. The first kappa shape index (κ1) is 18.4. The van der Waals surface area contributed by atoms with Crippen molar-refractivity contribution in [3.63, 3.8) is 0 Å². The monoisotopic (exact) mass is 411 g/mol. The van der Waals surface area contributed by atoms with E-state index >= 15 is 0 Å². The fourth-order valence-electron chi connectivity index (χ4n) is 4.08. The van der Waals surface area contributed by atoms with Gasteiger partial charge in [-0.1, -0.05) is 29.8 Å². The van der Waals surface area contributed by atoms with Crippen LogP contribution in [0.5, 0.6) is 0 Å². The Bertz CT molecular complexity index is 1070. The van der Waals surface area contributed by atoms with Gasteiger partial charge in [-0.15, -0.1) is 0 Å². The molecule has 29 heavy (non-hydrogen) atoms. The summed E-state index contributed by atoms with van der Waals surface area (Å²) in [4.78, 5) is 19.5. The van der Waals surface area contributed by atoms with E-state index < -0.39 is 0 Å². The number of fused-ring (bicyclic) bond motifs is 1. The summed E-state index contributed by atoms with van der Waals surface area (Å²) >= 11 is 6.52. The van der Waals surface area contributed by atoms with Gasteiger partial charge in [0.2, 0.25) is 0 Å². The molecule has 2 aliphatic rings. The molecule has 8 heteroatoms. The Morgan fingerprint density at radius 3 is 2.83 bits per heavy atom. The number of halogens is 1. The Hall–Kier alpha value is -2.64. The zero-order chi connectivity index (χ0) is 19.8. The summed E-state index contributed by atoms with van der Waals surface area (Å²) in [6.07, 6.45) is 6.85. The molecule has 0 bridgehead atoms. The van der Waals surface area contributed by atoms with Gasteiger partial charge in [-0.25, -0.2) is 4.98 Å². The number of benzene rings is 1. The normalized spacial score (nSPS) is 19.2. The van der Waals surface area contributed by atoms with Crippen molar-refractivity contribution in [1.82, 2.24) is 19.3 Å². The van der Waals surface area contributed by atoms with Gasteiger partial charge in [0.25, 0.3) is 5.56 Å². The van der Waals surface area contributed by atoms with Crippen LogP contribution in [0.3, 0.4) is 0 Å². The highest BCUT2D eigenvalue weighted by Crippen LogP contribution is 2.29. The summed E-state index contributed by atoms with van der Waals surface area (Å²) in [6, 6.07) is 10.1. The summed E-state index contributed by atoms with van der Waals surface area (Å²) in [5.41, 5.74) is 3.63. The van der Waals surface area contributed by atoms with E-state index in [2.05, 4.69) is 31.7 Å². The molecule has 2 aliphatic heterocycles. The minimum atomic E-state index is -0.324. The van der Waals surface area contributed by atoms with Crippen molar-refractivity contribution < 1.29 is 4.74 Å². The second-order valence-electron chi connectivity index (χ2n) is 7.43. The number of rotatable bonds is 3. The molecule has 1 aromatic carbocycles. The van der Waals surface area contributed by atoms with Crippen LogP contribution in [-0.4, -0.2) is 32.5 Å². The van der Waals surface area contributed by atoms with Crippen LogP contribution in [0.2, 0.25) is 5.02 Å². The quantitative estimate of drug-likeness (QED) is 0.661. The van der Waals surface area contributed by atoms with E-state index in [0.717, 1.165) is 49.3 Å². The van der Waals surface area contributed by atoms with Crippen molar-refractivity contribution in [3.05, 3.63) is 69.6 Å². The Morgan fingerprint density at radius 2 is 2.03 bits per heavy atom. The molecule has 150 valence electrons. The lowest BCUT2D eigenvalue weighted by atomic mass is 10.1. The molecular formula is C21H22ClN5O2. The van der Waals surface area contributed by atoms with Gasteiger partial charge in [0, 0.05) is 25.3 Å². The topological polar surface area (TPSA) is 65.2 Å². The number of aromatic nitrogens is 4. The van der Waals surface area contributed by atoms with Crippen LogP contribution in [0, 0.1) is 0 Å². The SMILES string of the molecule is O=c1c(Cl)c(N2CCc3ncn(-c4ccccc4)c3C2)cnn1C1CCCCO1. The zero-order valence-corrected chi connectivity index (χ0v) is 16.8. The lowest BCUT2D eigenvalue weighted by Gasteiger charge is -2.30. The van der Waals surface area contributed by atoms with Crippen molar-refractivity contribution in [2.45, 2.75) is 38.5 Å². The molecule has 4 heterocycles. The minimum Gasteiger partial charge on any atom is -0.363 e. The molecular weight excluding hydrogens is 390 g/mol. The second kappa shape index (κ2) is 7.65. The molecule has 0 radical (unpaired) electrons. The average molecular weight is 412 g/mol. The van der Waals surface area contributed by atoms with Crippen LogP contribution < -0.4 is 10.5 Å². The van der Waals surface area contributed by atoms with Gasteiger partial charge in [0.05, 0.1) is 36.1 Å². The standard InChI is InChI=1S/C21H22ClN5O2/c22-20-17(12-24-27(21(20)28)19-8-4-5-11-29-19)25-10-9-16-18(13-25)26(14-23-16)15-6-2-1-3-7-15/h1-3,6-7,12,14,19H,4-5,8-11,13H2. The van der Waals surface area contributed by atoms with Crippen molar-refractivity contribution >= 4 is 17.3 Å². The molecule has 1 fully saturated rings. The average Bonchev–Trinajstić information content (AvgIpc) is 3.20. The molecule has 0 saturated carbocycles. The van der Waals surface area contributed by atoms with Crippen molar-refractivity contribution in [3.8, 4) is 5.69 Å².